The minimum atomic E-state index is -0.0762. The summed E-state index contributed by atoms with van der Waals surface area (Å²) in [5.74, 6) is 2.43. The van der Waals surface area contributed by atoms with E-state index in [0.717, 1.165) is 38.9 Å². The van der Waals surface area contributed by atoms with Crippen LogP contribution in [-0.2, 0) is 11.3 Å². The lowest BCUT2D eigenvalue weighted by atomic mass is 10.1. The molecule has 168 valence electrons. The number of hydrogen-bond acceptors (Lipinski definition) is 7. The molecule has 0 spiro atoms. The second-order valence-corrected chi connectivity index (χ2v) is 8.27. The molecule has 5 rings (SSSR count). The summed E-state index contributed by atoms with van der Waals surface area (Å²) in [4.78, 5) is 16.9. The van der Waals surface area contributed by atoms with Crippen molar-refractivity contribution in [1.82, 2.24) is 19.9 Å². The van der Waals surface area contributed by atoms with Crippen LogP contribution in [0.4, 0.5) is 0 Å². The van der Waals surface area contributed by atoms with Crippen molar-refractivity contribution in [3.8, 4) is 28.5 Å². The fourth-order valence-electron chi connectivity index (χ4n) is 3.48. The third kappa shape index (κ3) is 4.73. The smallest absolute Gasteiger partial charge is 0.231 e. The van der Waals surface area contributed by atoms with Crippen LogP contribution >= 0.6 is 11.8 Å². The molecular weight excluding hydrogens is 440 g/mol. The van der Waals surface area contributed by atoms with E-state index >= 15 is 0 Å². The van der Waals surface area contributed by atoms with Crippen LogP contribution in [0.1, 0.15) is 12.5 Å². The second-order valence-electron chi connectivity index (χ2n) is 7.30. The number of hydrogen-bond donors (Lipinski definition) is 1. The molecule has 4 aromatic rings. The average Bonchev–Trinajstić information content (AvgIpc) is 3.49. The normalized spacial score (nSPS) is 12.2. The van der Waals surface area contributed by atoms with Crippen molar-refractivity contribution >= 4 is 23.2 Å². The maximum absolute atomic E-state index is 12.4. The van der Waals surface area contributed by atoms with Gasteiger partial charge < -0.3 is 19.5 Å². The highest BCUT2D eigenvalue weighted by Gasteiger charge is 2.14. The molecule has 0 saturated heterocycles. The van der Waals surface area contributed by atoms with Gasteiger partial charge in [-0.1, -0.05) is 17.8 Å². The van der Waals surface area contributed by atoms with Crippen LogP contribution < -0.4 is 19.5 Å². The Kier molecular flexibility index (Phi) is 6.03. The predicted molar refractivity (Wildman–Crippen MR) is 125 cm³/mol. The minimum absolute atomic E-state index is 0.0762. The van der Waals surface area contributed by atoms with Crippen molar-refractivity contribution in [1.29, 1.82) is 0 Å². The van der Waals surface area contributed by atoms with E-state index in [4.69, 9.17) is 14.2 Å². The monoisotopic (exact) mass is 462 g/mol. The summed E-state index contributed by atoms with van der Waals surface area (Å²) in [7, 11) is 0. The van der Waals surface area contributed by atoms with Crippen LogP contribution in [0, 0.1) is 0 Å². The molecule has 33 heavy (non-hydrogen) atoms. The van der Waals surface area contributed by atoms with Crippen molar-refractivity contribution in [2.75, 3.05) is 19.2 Å². The average molecular weight is 463 g/mol. The summed E-state index contributed by atoms with van der Waals surface area (Å²) in [6.07, 6.45) is 3.49. The molecule has 8 nitrogen and oxygen atoms in total. The van der Waals surface area contributed by atoms with Crippen molar-refractivity contribution in [3.63, 3.8) is 0 Å². The number of aromatic nitrogens is 3. The van der Waals surface area contributed by atoms with E-state index in [1.54, 1.807) is 16.9 Å². The number of amides is 1. The third-order valence-corrected chi connectivity index (χ3v) is 6.08. The number of ether oxygens (including phenoxy) is 3. The molecule has 0 radical (unpaired) electrons. The second kappa shape index (κ2) is 9.41. The summed E-state index contributed by atoms with van der Waals surface area (Å²) < 4.78 is 18.0. The zero-order valence-corrected chi connectivity index (χ0v) is 18.8. The SMILES string of the molecule is CCOc1ccc(-c2cc3c(SCC(=O)NCc4ccc5c(c4)OCO5)nccn3n2)cc1. The largest absolute Gasteiger partial charge is 0.494 e. The summed E-state index contributed by atoms with van der Waals surface area (Å²) in [5, 5.41) is 8.34. The molecule has 1 aliphatic heterocycles. The van der Waals surface area contributed by atoms with Gasteiger partial charge in [0.25, 0.3) is 0 Å². The standard InChI is InChI=1S/C24H22N4O4S/c1-2-30-18-6-4-17(5-7-18)19-12-20-24(25-9-10-28(20)27-19)33-14-23(29)26-13-16-3-8-21-22(11-16)32-15-31-21/h3-12H,2,13-15H2,1H3,(H,26,29). The molecule has 2 aromatic heterocycles. The highest BCUT2D eigenvalue weighted by molar-refractivity contribution is 8.00. The van der Waals surface area contributed by atoms with Crippen LogP contribution in [0.5, 0.6) is 17.2 Å². The van der Waals surface area contributed by atoms with E-state index in [0.29, 0.717) is 18.9 Å². The van der Waals surface area contributed by atoms with E-state index < -0.39 is 0 Å². The van der Waals surface area contributed by atoms with Crippen LogP contribution in [-0.4, -0.2) is 39.7 Å². The maximum atomic E-state index is 12.4. The number of nitrogens with zero attached hydrogens (tertiary/aromatic N) is 3. The first kappa shape index (κ1) is 21.1. The Morgan fingerprint density at radius 1 is 1.15 bits per heavy atom. The number of benzene rings is 2. The topological polar surface area (TPSA) is 87.0 Å². The lowest BCUT2D eigenvalue weighted by molar-refractivity contribution is -0.118. The van der Waals surface area contributed by atoms with Gasteiger partial charge in [0.05, 0.1) is 23.6 Å². The summed E-state index contributed by atoms with van der Waals surface area (Å²) in [6.45, 7) is 3.24. The van der Waals surface area contributed by atoms with E-state index in [-0.39, 0.29) is 18.5 Å². The van der Waals surface area contributed by atoms with Gasteiger partial charge in [0, 0.05) is 24.5 Å². The first-order chi connectivity index (χ1) is 16.2. The number of carbonyl (C=O) groups is 1. The van der Waals surface area contributed by atoms with E-state index in [2.05, 4.69) is 15.4 Å². The number of carbonyl (C=O) groups excluding carboxylic acids is 1. The Bertz CT molecular complexity index is 1290. The Morgan fingerprint density at radius 2 is 2.00 bits per heavy atom. The highest BCUT2D eigenvalue weighted by atomic mass is 32.2. The van der Waals surface area contributed by atoms with E-state index in [1.165, 1.54) is 11.8 Å². The van der Waals surface area contributed by atoms with Gasteiger partial charge in [-0.05, 0) is 55.0 Å². The quantitative estimate of drug-likeness (QED) is 0.397. The first-order valence-corrected chi connectivity index (χ1v) is 11.5. The summed E-state index contributed by atoms with van der Waals surface area (Å²) in [5.41, 5.74) is 3.63. The van der Waals surface area contributed by atoms with E-state index in [1.807, 2.05) is 55.5 Å². The Morgan fingerprint density at radius 3 is 2.85 bits per heavy atom. The highest BCUT2D eigenvalue weighted by Crippen LogP contribution is 2.32. The third-order valence-electron chi connectivity index (χ3n) is 5.08. The van der Waals surface area contributed by atoms with Gasteiger partial charge in [0.1, 0.15) is 10.8 Å². The van der Waals surface area contributed by atoms with Crippen LogP contribution in [0.2, 0.25) is 0 Å². The van der Waals surface area contributed by atoms with Gasteiger partial charge >= 0.3 is 0 Å². The van der Waals surface area contributed by atoms with Crippen molar-refractivity contribution in [3.05, 3.63) is 66.5 Å². The van der Waals surface area contributed by atoms with Crippen molar-refractivity contribution in [2.24, 2.45) is 0 Å². The fraction of sp³-hybridized carbons (Fsp3) is 0.208. The van der Waals surface area contributed by atoms with Gasteiger partial charge in [-0.2, -0.15) is 5.10 Å². The Hall–Kier alpha value is -3.72. The summed E-state index contributed by atoms with van der Waals surface area (Å²) in [6, 6.07) is 15.5. The number of nitrogens with one attached hydrogen (secondary N) is 1. The lowest BCUT2D eigenvalue weighted by Gasteiger charge is -2.06. The van der Waals surface area contributed by atoms with Gasteiger partial charge in [-0.15, -0.1) is 0 Å². The van der Waals surface area contributed by atoms with Gasteiger partial charge in [-0.25, -0.2) is 9.50 Å². The molecule has 0 saturated carbocycles. The van der Waals surface area contributed by atoms with Crippen molar-refractivity contribution < 1.29 is 19.0 Å². The van der Waals surface area contributed by atoms with Gasteiger partial charge in [0.15, 0.2) is 11.5 Å². The predicted octanol–water partition coefficient (Wildman–Crippen LogP) is 3.93. The van der Waals surface area contributed by atoms with E-state index in [9.17, 15) is 4.79 Å². The molecule has 1 N–H and O–H groups in total. The molecule has 0 aliphatic carbocycles. The molecule has 1 aliphatic rings. The summed E-state index contributed by atoms with van der Waals surface area (Å²) >= 11 is 1.38. The van der Waals surface area contributed by atoms with Crippen molar-refractivity contribution in [2.45, 2.75) is 18.5 Å². The minimum Gasteiger partial charge on any atom is -0.494 e. The Labute approximate surface area is 194 Å². The first-order valence-electron chi connectivity index (χ1n) is 10.6. The van der Waals surface area contributed by atoms with Crippen LogP contribution in [0.3, 0.4) is 0 Å². The zero-order valence-electron chi connectivity index (χ0n) is 18.0. The lowest BCUT2D eigenvalue weighted by Crippen LogP contribution is -2.24. The maximum Gasteiger partial charge on any atom is 0.231 e. The molecule has 0 bridgehead atoms. The van der Waals surface area contributed by atoms with Gasteiger partial charge in [-0.3, -0.25) is 4.79 Å². The molecule has 0 unspecified atom stereocenters. The number of thioether (sulfide) groups is 1. The molecule has 9 heteroatoms. The number of fused-ring (bicyclic) bond motifs is 2. The van der Waals surface area contributed by atoms with Gasteiger partial charge in [0.2, 0.25) is 12.7 Å². The molecule has 0 fully saturated rings. The molecule has 3 heterocycles. The fourth-order valence-corrected chi connectivity index (χ4v) is 4.28. The van der Waals surface area contributed by atoms with Crippen LogP contribution in [0.15, 0.2) is 66.0 Å². The Balaban J connectivity index is 1.23. The zero-order chi connectivity index (χ0) is 22.6. The molecular formula is C24H22N4O4S. The van der Waals surface area contributed by atoms with Crippen LogP contribution in [0.25, 0.3) is 16.8 Å². The molecule has 2 aromatic carbocycles. The molecule has 0 atom stereocenters. The number of rotatable bonds is 8. The molecule has 1 amide bonds.